The molecule has 1 N–H and O–H groups in total. The summed E-state index contributed by atoms with van der Waals surface area (Å²) in [7, 11) is 0. The van der Waals surface area contributed by atoms with Crippen LogP contribution in [0.15, 0.2) is 48.5 Å². The van der Waals surface area contributed by atoms with Crippen LogP contribution in [0.5, 0.6) is 5.75 Å². The number of carbonyl (C=O) groups excluding carboxylic acids is 1. The van der Waals surface area contributed by atoms with Crippen molar-refractivity contribution in [3.8, 4) is 5.75 Å². The number of ether oxygens (including phenoxy) is 1. The van der Waals surface area contributed by atoms with Crippen molar-refractivity contribution in [3.05, 3.63) is 59.7 Å². The number of piperidine rings is 1. The Morgan fingerprint density at radius 1 is 1.10 bits per heavy atom. The van der Waals surface area contributed by atoms with Gasteiger partial charge >= 0.3 is 0 Å². The summed E-state index contributed by atoms with van der Waals surface area (Å²) in [4.78, 5) is 15.1. The molecule has 0 spiro atoms. The molecule has 4 heteroatoms. The molecule has 2 aromatic carbocycles. The fourth-order valence-electron chi connectivity index (χ4n) is 3.81. The van der Waals surface area contributed by atoms with E-state index in [1.54, 1.807) is 6.92 Å². The summed E-state index contributed by atoms with van der Waals surface area (Å²) in [6.45, 7) is 10.5. The van der Waals surface area contributed by atoms with Crippen LogP contribution in [0.1, 0.15) is 57.7 Å². The van der Waals surface area contributed by atoms with Crippen LogP contribution >= 0.6 is 0 Å². The molecular weight excluding hydrogens is 360 g/mol. The number of nitrogens with zero attached hydrogens (tertiary/aromatic N) is 1. The summed E-state index contributed by atoms with van der Waals surface area (Å²) in [5.74, 6) is 1.51. The Morgan fingerprint density at radius 3 is 2.41 bits per heavy atom. The summed E-state index contributed by atoms with van der Waals surface area (Å²) in [5.41, 5.74) is 3.49. The Labute approximate surface area is 175 Å². The summed E-state index contributed by atoms with van der Waals surface area (Å²) in [6, 6.07) is 16.4. The number of rotatable bonds is 7. The minimum atomic E-state index is -0.542. The third-order valence-corrected chi connectivity index (χ3v) is 5.93. The largest absolute Gasteiger partial charge is 0.481 e. The van der Waals surface area contributed by atoms with Gasteiger partial charge in [-0.25, -0.2) is 0 Å². The maximum absolute atomic E-state index is 12.6. The summed E-state index contributed by atoms with van der Waals surface area (Å²) < 4.78 is 5.92. The molecule has 2 atom stereocenters. The molecule has 0 unspecified atom stereocenters. The Bertz CT molecular complexity index is 795. The Balaban J connectivity index is 1.56. The van der Waals surface area contributed by atoms with Gasteiger partial charge in [-0.3, -0.25) is 4.79 Å². The maximum Gasteiger partial charge on any atom is 0.261 e. The van der Waals surface area contributed by atoms with Gasteiger partial charge in [-0.1, -0.05) is 44.2 Å². The van der Waals surface area contributed by atoms with Crippen molar-refractivity contribution >= 4 is 11.6 Å². The van der Waals surface area contributed by atoms with Crippen LogP contribution in [0.2, 0.25) is 0 Å². The Morgan fingerprint density at radius 2 is 1.76 bits per heavy atom. The second-order valence-corrected chi connectivity index (χ2v) is 8.21. The predicted octanol–water partition coefficient (Wildman–Crippen LogP) is 5.13. The van der Waals surface area contributed by atoms with E-state index in [0.29, 0.717) is 0 Å². The standard InChI is InChI=1S/C25H34N2O2/c1-5-21-8-6-7-9-24(21)29-20(4)25(28)26-19(3)22-10-12-23(13-11-22)27-16-14-18(2)15-17-27/h6-13,18-20H,5,14-17H2,1-4H3,(H,26,28)/t19-,20-/m1/s1. The van der Waals surface area contributed by atoms with E-state index in [2.05, 4.69) is 48.3 Å². The molecule has 1 saturated heterocycles. The first-order chi connectivity index (χ1) is 14.0. The SMILES string of the molecule is CCc1ccccc1O[C@H](C)C(=O)N[C@H](C)c1ccc(N2CCC(C)CC2)cc1. The second kappa shape index (κ2) is 9.82. The van der Waals surface area contributed by atoms with Crippen LogP contribution in [-0.2, 0) is 11.2 Å². The van der Waals surface area contributed by atoms with Crippen LogP contribution in [0.3, 0.4) is 0 Å². The molecule has 0 aromatic heterocycles. The smallest absolute Gasteiger partial charge is 0.261 e. The second-order valence-electron chi connectivity index (χ2n) is 8.21. The maximum atomic E-state index is 12.6. The molecule has 1 amide bonds. The van der Waals surface area contributed by atoms with Crippen molar-refractivity contribution in [2.45, 2.75) is 59.1 Å². The number of para-hydroxylation sites is 1. The van der Waals surface area contributed by atoms with Gasteiger partial charge in [0.05, 0.1) is 6.04 Å². The number of amides is 1. The van der Waals surface area contributed by atoms with Crippen molar-refractivity contribution in [1.82, 2.24) is 5.32 Å². The molecular formula is C25H34N2O2. The third-order valence-electron chi connectivity index (χ3n) is 5.93. The van der Waals surface area contributed by atoms with Crippen molar-refractivity contribution in [1.29, 1.82) is 0 Å². The predicted molar refractivity (Wildman–Crippen MR) is 120 cm³/mol. The molecule has 29 heavy (non-hydrogen) atoms. The van der Waals surface area contributed by atoms with Gasteiger partial charge in [0, 0.05) is 18.8 Å². The van der Waals surface area contributed by atoms with Crippen molar-refractivity contribution in [2.24, 2.45) is 5.92 Å². The van der Waals surface area contributed by atoms with E-state index in [4.69, 9.17) is 4.74 Å². The Kier molecular flexibility index (Phi) is 7.18. The molecule has 156 valence electrons. The number of benzene rings is 2. The van der Waals surface area contributed by atoms with Crippen molar-refractivity contribution in [2.75, 3.05) is 18.0 Å². The normalized spacial score (nSPS) is 16.9. The summed E-state index contributed by atoms with van der Waals surface area (Å²) in [5, 5.41) is 3.08. The minimum Gasteiger partial charge on any atom is -0.481 e. The highest BCUT2D eigenvalue weighted by Crippen LogP contribution is 2.25. The van der Waals surface area contributed by atoms with Crippen molar-refractivity contribution < 1.29 is 9.53 Å². The van der Waals surface area contributed by atoms with E-state index < -0.39 is 6.10 Å². The molecule has 0 aliphatic carbocycles. The lowest BCUT2D eigenvalue weighted by Crippen LogP contribution is -2.38. The summed E-state index contributed by atoms with van der Waals surface area (Å²) in [6.07, 6.45) is 2.85. The lowest BCUT2D eigenvalue weighted by molar-refractivity contribution is -0.127. The molecule has 1 heterocycles. The van der Waals surface area contributed by atoms with Crippen molar-refractivity contribution in [3.63, 3.8) is 0 Å². The number of nitrogens with one attached hydrogen (secondary N) is 1. The van der Waals surface area contributed by atoms with E-state index >= 15 is 0 Å². The zero-order chi connectivity index (χ0) is 20.8. The van der Waals surface area contributed by atoms with Crippen LogP contribution < -0.4 is 15.0 Å². The van der Waals surface area contributed by atoms with Crippen LogP contribution in [-0.4, -0.2) is 25.1 Å². The van der Waals surface area contributed by atoms with E-state index in [1.165, 1.54) is 18.5 Å². The highest BCUT2D eigenvalue weighted by Gasteiger charge is 2.20. The minimum absolute atomic E-state index is 0.0644. The van der Waals surface area contributed by atoms with Gasteiger partial charge < -0.3 is 15.0 Å². The molecule has 1 aliphatic rings. The van der Waals surface area contributed by atoms with Gasteiger partial charge in [0.25, 0.3) is 5.91 Å². The molecule has 0 bridgehead atoms. The van der Waals surface area contributed by atoms with Crippen LogP contribution in [0.25, 0.3) is 0 Å². The number of carbonyl (C=O) groups is 1. The number of hydrogen-bond acceptors (Lipinski definition) is 3. The number of hydrogen-bond donors (Lipinski definition) is 1. The quantitative estimate of drug-likeness (QED) is 0.708. The van der Waals surface area contributed by atoms with Gasteiger partial charge in [-0.05, 0) is 68.4 Å². The van der Waals surface area contributed by atoms with E-state index in [9.17, 15) is 4.79 Å². The lowest BCUT2D eigenvalue weighted by Gasteiger charge is -2.32. The molecule has 1 fully saturated rings. The first-order valence-corrected chi connectivity index (χ1v) is 10.9. The Hall–Kier alpha value is -2.49. The molecule has 0 saturated carbocycles. The molecule has 1 aliphatic heterocycles. The fourth-order valence-corrected chi connectivity index (χ4v) is 3.81. The highest BCUT2D eigenvalue weighted by atomic mass is 16.5. The van der Waals surface area contributed by atoms with Crippen LogP contribution in [0, 0.1) is 5.92 Å². The fraction of sp³-hybridized carbons (Fsp3) is 0.480. The monoisotopic (exact) mass is 394 g/mol. The number of anilines is 1. The highest BCUT2D eigenvalue weighted by molar-refractivity contribution is 5.81. The number of aryl methyl sites for hydroxylation is 1. The molecule has 0 radical (unpaired) electrons. The van der Waals surface area contributed by atoms with E-state index in [1.807, 2.05) is 31.2 Å². The summed E-state index contributed by atoms with van der Waals surface area (Å²) >= 11 is 0. The zero-order valence-corrected chi connectivity index (χ0v) is 18.2. The van der Waals surface area contributed by atoms with Gasteiger partial charge in [0.1, 0.15) is 5.75 Å². The zero-order valence-electron chi connectivity index (χ0n) is 18.2. The van der Waals surface area contributed by atoms with Gasteiger partial charge in [-0.15, -0.1) is 0 Å². The van der Waals surface area contributed by atoms with Gasteiger partial charge in [0.2, 0.25) is 0 Å². The van der Waals surface area contributed by atoms with Gasteiger partial charge in [-0.2, -0.15) is 0 Å². The third kappa shape index (κ3) is 5.53. The van der Waals surface area contributed by atoms with Gasteiger partial charge in [0.15, 0.2) is 6.10 Å². The topological polar surface area (TPSA) is 41.6 Å². The first-order valence-electron chi connectivity index (χ1n) is 10.9. The molecule has 2 aromatic rings. The average molecular weight is 395 g/mol. The average Bonchev–Trinajstić information content (AvgIpc) is 2.74. The van der Waals surface area contributed by atoms with E-state index in [0.717, 1.165) is 42.3 Å². The van der Waals surface area contributed by atoms with E-state index in [-0.39, 0.29) is 11.9 Å². The first kappa shape index (κ1) is 21.2. The van der Waals surface area contributed by atoms with Crippen LogP contribution in [0.4, 0.5) is 5.69 Å². The lowest BCUT2D eigenvalue weighted by atomic mass is 9.98. The molecule has 3 rings (SSSR count). The molecule has 4 nitrogen and oxygen atoms in total.